The lowest BCUT2D eigenvalue weighted by atomic mass is 10.0. The highest BCUT2D eigenvalue weighted by molar-refractivity contribution is 5.94. The van der Waals surface area contributed by atoms with Crippen molar-refractivity contribution in [2.24, 2.45) is 0 Å². The van der Waals surface area contributed by atoms with Gasteiger partial charge in [0.15, 0.2) is 5.78 Å². The number of Topliss-reactive ketones (excluding diaryl/α,β-unsaturated/α-hetero) is 1. The zero-order valence-electron chi connectivity index (χ0n) is 18.9. The average molecular weight is 426 g/mol. The molecule has 1 heterocycles. The van der Waals surface area contributed by atoms with E-state index in [1.54, 1.807) is 24.3 Å². The quantitative estimate of drug-likeness (QED) is 0.540. The number of benzene rings is 2. The number of hydrogen-bond acceptors (Lipinski definition) is 5. The van der Waals surface area contributed by atoms with Crippen molar-refractivity contribution in [3.63, 3.8) is 0 Å². The molecular weight excluding hydrogens is 390 g/mol. The monoisotopic (exact) mass is 425 g/mol. The van der Waals surface area contributed by atoms with E-state index in [9.17, 15) is 9.90 Å². The van der Waals surface area contributed by atoms with Gasteiger partial charge in [-0.1, -0.05) is 50.2 Å². The van der Waals surface area contributed by atoms with Gasteiger partial charge in [0.1, 0.15) is 18.5 Å². The van der Waals surface area contributed by atoms with E-state index in [2.05, 4.69) is 43.0 Å². The van der Waals surface area contributed by atoms with E-state index in [1.807, 2.05) is 0 Å². The van der Waals surface area contributed by atoms with Gasteiger partial charge in [-0.2, -0.15) is 0 Å². The molecule has 0 bridgehead atoms. The lowest BCUT2D eigenvalue weighted by molar-refractivity contribution is 0.0313. The molecule has 1 saturated heterocycles. The van der Waals surface area contributed by atoms with Crippen LogP contribution in [0.1, 0.15) is 61.0 Å². The normalized spacial score (nSPS) is 17.3. The molecule has 0 amide bonds. The van der Waals surface area contributed by atoms with Crippen molar-refractivity contribution < 1.29 is 19.4 Å². The third-order valence-corrected chi connectivity index (χ3v) is 5.69. The number of carbonyl (C=O) groups excluding carboxylic acids is 1. The zero-order valence-corrected chi connectivity index (χ0v) is 18.9. The smallest absolute Gasteiger partial charge is 0.159 e. The van der Waals surface area contributed by atoms with E-state index in [1.165, 1.54) is 18.1 Å². The first-order valence-electron chi connectivity index (χ1n) is 11.3. The van der Waals surface area contributed by atoms with E-state index >= 15 is 0 Å². The highest BCUT2D eigenvalue weighted by Crippen LogP contribution is 2.19. The Kier molecular flexibility index (Phi) is 8.64. The number of ketones is 1. The van der Waals surface area contributed by atoms with Gasteiger partial charge in [0.2, 0.25) is 0 Å². The Hall–Kier alpha value is -2.21. The second-order valence-corrected chi connectivity index (χ2v) is 8.77. The molecule has 0 saturated carbocycles. The van der Waals surface area contributed by atoms with Crippen LogP contribution in [0.25, 0.3) is 0 Å². The number of rotatable bonds is 11. The summed E-state index contributed by atoms with van der Waals surface area (Å²) in [4.78, 5) is 13.8. The van der Waals surface area contributed by atoms with Crippen molar-refractivity contribution in [1.82, 2.24) is 4.90 Å². The number of hydrogen-bond donors (Lipinski definition) is 1. The second kappa shape index (κ2) is 11.4. The average Bonchev–Trinajstić information content (AvgIpc) is 3.26. The van der Waals surface area contributed by atoms with Crippen LogP contribution < -0.4 is 4.74 Å². The van der Waals surface area contributed by atoms with Gasteiger partial charge in [0, 0.05) is 31.8 Å². The summed E-state index contributed by atoms with van der Waals surface area (Å²) >= 11 is 0. The predicted molar refractivity (Wildman–Crippen MR) is 123 cm³/mol. The number of carbonyl (C=O) groups is 1. The van der Waals surface area contributed by atoms with Gasteiger partial charge >= 0.3 is 0 Å². The van der Waals surface area contributed by atoms with Gasteiger partial charge in [-0.3, -0.25) is 9.69 Å². The predicted octanol–water partition coefficient (Wildman–Crippen LogP) is 4.43. The summed E-state index contributed by atoms with van der Waals surface area (Å²) in [5, 5.41) is 10.7. The Labute approximate surface area is 186 Å². The fourth-order valence-corrected chi connectivity index (χ4v) is 3.89. The topological polar surface area (TPSA) is 59.0 Å². The Morgan fingerprint density at radius 3 is 2.65 bits per heavy atom. The molecule has 168 valence electrons. The van der Waals surface area contributed by atoms with E-state index < -0.39 is 6.10 Å². The van der Waals surface area contributed by atoms with Crippen LogP contribution in [0.3, 0.4) is 0 Å². The van der Waals surface area contributed by atoms with E-state index in [0.717, 1.165) is 32.5 Å². The first-order chi connectivity index (χ1) is 14.9. The van der Waals surface area contributed by atoms with Crippen molar-refractivity contribution in [3.8, 4) is 5.75 Å². The maximum absolute atomic E-state index is 11.6. The van der Waals surface area contributed by atoms with E-state index in [4.69, 9.17) is 9.47 Å². The maximum atomic E-state index is 11.6. The summed E-state index contributed by atoms with van der Waals surface area (Å²) < 4.78 is 11.6. The Bertz CT molecular complexity index is 828. The van der Waals surface area contributed by atoms with Crippen LogP contribution in [0, 0.1) is 0 Å². The minimum Gasteiger partial charge on any atom is -0.491 e. The van der Waals surface area contributed by atoms with Crippen LogP contribution in [0.4, 0.5) is 0 Å². The first-order valence-corrected chi connectivity index (χ1v) is 11.3. The third kappa shape index (κ3) is 7.46. The van der Waals surface area contributed by atoms with Crippen LogP contribution in [0.5, 0.6) is 5.75 Å². The SMILES string of the molecule is CC(=O)c1cccc(OCC(O)CN(Cc2ccc(C(C)C)cc2)CC2CCCO2)c1. The summed E-state index contributed by atoms with van der Waals surface area (Å²) in [5.74, 6) is 1.11. The summed E-state index contributed by atoms with van der Waals surface area (Å²) in [7, 11) is 0. The number of ether oxygens (including phenoxy) is 2. The van der Waals surface area contributed by atoms with Crippen LogP contribution in [-0.4, -0.2) is 54.3 Å². The second-order valence-electron chi connectivity index (χ2n) is 8.77. The summed E-state index contributed by atoms with van der Waals surface area (Å²) in [6.45, 7) is 8.97. The van der Waals surface area contributed by atoms with Crippen LogP contribution in [0.15, 0.2) is 48.5 Å². The Morgan fingerprint density at radius 2 is 2.00 bits per heavy atom. The molecule has 0 radical (unpaired) electrons. The summed E-state index contributed by atoms with van der Waals surface area (Å²) in [6.07, 6.45) is 1.74. The van der Waals surface area contributed by atoms with Gasteiger partial charge in [-0.05, 0) is 48.9 Å². The van der Waals surface area contributed by atoms with Gasteiger partial charge < -0.3 is 14.6 Å². The van der Waals surface area contributed by atoms with E-state index in [-0.39, 0.29) is 18.5 Å². The lowest BCUT2D eigenvalue weighted by Crippen LogP contribution is -2.39. The standard InChI is InChI=1S/C26H35NO4/c1-19(2)22-11-9-21(10-12-22)15-27(17-26-8-5-13-30-26)16-24(29)18-31-25-7-4-6-23(14-25)20(3)28/h4,6-7,9-12,14,19,24,26,29H,5,8,13,15-18H2,1-3H3. The molecule has 3 rings (SSSR count). The molecular formula is C26H35NO4. The van der Waals surface area contributed by atoms with Crippen molar-refractivity contribution in [1.29, 1.82) is 0 Å². The molecule has 2 atom stereocenters. The fourth-order valence-electron chi connectivity index (χ4n) is 3.89. The molecule has 2 aromatic rings. The highest BCUT2D eigenvalue weighted by Gasteiger charge is 2.21. The van der Waals surface area contributed by atoms with Crippen LogP contribution in [-0.2, 0) is 11.3 Å². The van der Waals surface area contributed by atoms with Crippen molar-refractivity contribution in [2.45, 2.75) is 58.3 Å². The molecule has 0 aliphatic carbocycles. The molecule has 2 unspecified atom stereocenters. The van der Waals surface area contributed by atoms with Crippen molar-refractivity contribution in [2.75, 3.05) is 26.3 Å². The van der Waals surface area contributed by atoms with Crippen molar-refractivity contribution >= 4 is 5.78 Å². The zero-order chi connectivity index (χ0) is 22.2. The van der Waals surface area contributed by atoms with Gasteiger partial charge in [-0.15, -0.1) is 0 Å². The molecule has 31 heavy (non-hydrogen) atoms. The van der Waals surface area contributed by atoms with Crippen LogP contribution >= 0.6 is 0 Å². The Morgan fingerprint density at radius 1 is 1.23 bits per heavy atom. The molecule has 1 aliphatic rings. The fraction of sp³-hybridized carbons (Fsp3) is 0.500. The number of aliphatic hydroxyl groups is 1. The molecule has 2 aromatic carbocycles. The molecule has 1 N–H and O–H groups in total. The third-order valence-electron chi connectivity index (χ3n) is 5.69. The molecule has 1 aliphatic heterocycles. The molecule has 5 nitrogen and oxygen atoms in total. The summed E-state index contributed by atoms with van der Waals surface area (Å²) in [5.41, 5.74) is 3.16. The highest BCUT2D eigenvalue weighted by atomic mass is 16.5. The lowest BCUT2D eigenvalue weighted by Gasteiger charge is -2.27. The summed E-state index contributed by atoms with van der Waals surface area (Å²) in [6, 6.07) is 15.8. The molecule has 0 aromatic heterocycles. The Balaban J connectivity index is 1.59. The minimum absolute atomic E-state index is 0.00257. The molecule has 5 heteroatoms. The number of aliphatic hydroxyl groups excluding tert-OH is 1. The van der Waals surface area contributed by atoms with Gasteiger partial charge in [0.25, 0.3) is 0 Å². The largest absolute Gasteiger partial charge is 0.491 e. The minimum atomic E-state index is -0.641. The van der Waals surface area contributed by atoms with Gasteiger partial charge in [0.05, 0.1) is 6.10 Å². The molecule has 1 fully saturated rings. The number of nitrogens with zero attached hydrogens (tertiary/aromatic N) is 1. The van der Waals surface area contributed by atoms with Gasteiger partial charge in [-0.25, -0.2) is 0 Å². The first kappa shape index (κ1) is 23.5. The maximum Gasteiger partial charge on any atom is 0.159 e. The van der Waals surface area contributed by atoms with E-state index in [0.29, 0.717) is 23.8 Å². The van der Waals surface area contributed by atoms with Crippen LogP contribution in [0.2, 0.25) is 0 Å². The molecule has 0 spiro atoms. The van der Waals surface area contributed by atoms with Crippen molar-refractivity contribution in [3.05, 3.63) is 65.2 Å².